The number of carboxylic acid groups (broad SMARTS) is 1. The Balaban J connectivity index is 2.58. The van der Waals surface area contributed by atoms with Crippen molar-refractivity contribution in [1.82, 2.24) is 4.98 Å². The van der Waals surface area contributed by atoms with Gasteiger partial charge in [0.05, 0.1) is 10.9 Å². The Hall–Kier alpha value is -1.94. The molecule has 1 heterocycles. The van der Waals surface area contributed by atoms with E-state index in [4.69, 9.17) is 5.73 Å². The van der Waals surface area contributed by atoms with Gasteiger partial charge in [-0.3, -0.25) is 9.78 Å². The van der Waals surface area contributed by atoms with Gasteiger partial charge in [0.25, 0.3) is 0 Å². The van der Waals surface area contributed by atoms with Gasteiger partial charge in [0.15, 0.2) is 0 Å². The smallest absolute Gasteiger partial charge is 0.311 e. The molecule has 3 N–H and O–H groups in total. The van der Waals surface area contributed by atoms with Crippen molar-refractivity contribution >= 4 is 16.9 Å². The van der Waals surface area contributed by atoms with E-state index in [0.717, 1.165) is 22.2 Å². The minimum atomic E-state index is -0.948. The molecule has 0 aliphatic heterocycles. The summed E-state index contributed by atoms with van der Waals surface area (Å²) in [5.74, 6) is -0.884. The van der Waals surface area contributed by atoms with Gasteiger partial charge in [-0.25, -0.2) is 0 Å². The van der Waals surface area contributed by atoms with Gasteiger partial charge in [0.1, 0.15) is 0 Å². The van der Waals surface area contributed by atoms with E-state index in [1.807, 2.05) is 51.1 Å². The lowest BCUT2D eigenvalue weighted by molar-refractivity contribution is -0.151. The number of hydrogen-bond acceptors (Lipinski definition) is 3. The summed E-state index contributed by atoms with van der Waals surface area (Å²) in [5, 5.41) is 10.7. The Morgan fingerprint density at radius 1 is 1.38 bits per heavy atom. The minimum Gasteiger partial charge on any atom is -0.481 e. The van der Waals surface area contributed by atoms with E-state index in [9.17, 15) is 9.90 Å². The van der Waals surface area contributed by atoms with Gasteiger partial charge in [-0.05, 0) is 37.0 Å². The highest BCUT2D eigenvalue weighted by atomic mass is 16.4. The lowest BCUT2D eigenvalue weighted by Gasteiger charge is -2.32. The van der Waals surface area contributed by atoms with E-state index in [1.165, 1.54) is 0 Å². The molecule has 0 amide bonds. The molecular formula is C17H22N2O2. The van der Waals surface area contributed by atoms with Crippen LogP contribution in [0.4, 0.5) is 0 Å². The molecule has 0 aliphatic rings. The standard InChI is InChI=1S/C17H22N2O2/c1-11(2)17(10-18,16(20)21)9-13-8-12(3)19-15-7-5-4-6-14(13)15/h4-8,11H,9-10,18H2,1-3H3,(H,20,21). The van der Waals surface area contributed by atoms with Crippen molar-refractivity contribution in [2.45, 2.75) is 27.2 Å². The van der Waals surface area contributed by atoms with Crippen molar-refractivity contribution in [3.8, 4) is 0 Å². The first-order chi connectivity index (χ1) is 9.90. The molecule has 0 saturated heterocycles. The van der Waals surface area contributed by atoms with Crippen LogP contribution in [-0.2, 0) is 11.2 Å². The third kappa shape index (κ3) is 2.76. The Morgan fingerprint density at radius 2 is 2.05 bits per heavy atom. The molecule has 1 aromatic heterocycles. The van der Waals surface area contributed by atoms with Crippen molar-refractivity contribution in [3.05, 3.63) is 41.6 Å². The molecule has 21 heavy (non-hydrogen) atoms. The molecule has 0 saturated carbocycles. The molecule has 1 aromatic carbocycles. The fourth-order valence-corrected chi connectivity index (χ4v) is 2.80. The van der Waals surface area contributed by atoms with Crippen LogP contribution in [0, 0.1) is 18.3 Å². The number of nitrogens with two attached hydrogens (primary N) is 1. The summed E-state index contributed by atoms with van der Waals surface area (Å²) >= 11 is 0. The number of fused-ring (bicyclic) bond motifs is 1. The summed E-state index contributed by atoms with van der Waals surface area (Å²) in [6, 6.07) is 9.79. The number of aryl methyl sites for hydroxylation is 1. The number of aliphatic carboxylic acids is 1. The zero-order chi connectivity index (χ0) is 15.6. The number of hydrogen-bond donors (Lipinski definition) is 2. The van der Waals surface area contributed by atoms with Crippen LogP contribution < -0.4 is 5.73 Å². The lowest BCUT2D eigenvalue weighted by Crippen LogP contribution is -2.45. The van der Waals surface area contributed by atoms with Crippen LogP contribution in [0.25, 0.3) is 10.9 Å². The second kappa shape index (κ2) is 5.82. The molecule has 0 bridgehead atoms. The fourth-order valence-electron chi connectivity index (χ4n) is 2.80. The van der Waals surface area contributed by atoms with Gasteiger partial charge in [-0.15, -0.1) is 0 Å². The predicted molar refractivity (Wildman–Crippen MR) is 84.1 cm³/mol. The third-order valence-corrected chi connectivity index (χ3v) is 4.33. The van der Waals surface area contributed by atoms with Crippen molar-refractivity contribution in [3.63, 3.8) is 0 Å². The second-order valence-electron chi connectivity index (χ2n) is 5.94. The zero-order valence-corrected chi connectivity index (χ0v) is 12.8. The Kier molecular flexibility index (Phi) is 4.28. The molecule has 1 atom stereocenters. The first-order valence-corrected chi connectivity index (χ1v) is 7.19. The average molecular weight is 286 g/mol. The van der Waals surface area contributed by atoms with E-state index < -0.39 is 11.4 Å². The minimum absolute atomic E-state index is 0.0489. The molecule has 1 unspecified atom stereocenters. The molecule has 0 spiro atoms. The molecule has 4 nitrogen and oxygen atoms in total. The molecule has 2 rings (SSSR count). The van der Waals surface area contributed by atoms with Gasteiger partial charge in [-0.2, -0.15) is 0 Å². The number of aromatic nitrogens is 1. The largest absolute Gasteiger partial charge is 0.481 e. The van der Waals surface area contributed by atoms with Crippen LogP contribution in [0.5, 0.6) is 0 Å². The first-order valence-electron chi connectivity index (χ1n) is 7.19. The topological polar surface area (TPSA) is 76.2 Å². The summed E-state index contributed by atoms with van der Waals surface area (Å²) in [6.07, 6.45) is 0.417. The maximum Gasteiger partial charge on any atom is 0.311 e. The van der Waals surface area contributed by atoms with Gasteiger partial charge in [0, 0.05) is 17.6 Å². The molecule has 0 radical (unpaired) electrons. The maximum absolute atomic E-state index is 11.8. The number of nitrogens with zero attached hydrogens (tertiary/aromatic N) is 1. The van der Waals surface area contributed by atoms with E-state index in [1.54, 1.807) is 0 Å². The third-order valence-electron chi connectivity index (χ3n) is 4.33. The number of rotatable bonds is 5. The van der Waals surface area contributed by atoms with Gasteiger partial charge in [0.2, 0.25) is 0 Å². The number of carbonyl (C=O) groups is 1. The fraction of sp³-hybridized carbons (Fsp3) is 0.412. The number of benzene rings is 1. The van der Waals surface area contributed by atoms with Crippen LogP contribution in [0.3, 0.4) is 0 Å². The van der Waals surface area contributed by atoms with Gasteiger partial charge < -0.3 is 10.8 Å². The molecule has 0 aliphatic carbocycles. The van der Waals surface area contributed by atoms with Gasteiger partial charge >= 0.3 is 5.97 Å². The molecule has 112 valence electrons. The van der Waals surface area contributed by atoms with Crippen molar-refractivity contribution in [2.24, 2.45) is 17.1 Å². The van der Waals surface area contributed by atoms with Crippen molar-refractivity contribution in [2.75, 3.05) is 6.54 Å². The zero-order valence-electron chi connectivity index (χ0n) is 12.8. The summed E-state index contributed by atoms with van der Waals surface area (Å²) in [4.78, 5) is 16.3. The van der Waals surface area contributed by atoms with Crippen molar-refractivity contribution in [1.29, 1.82) is 0 Å². The second-order valence-corrected chi connectivity index (χ2v) is 5.94. The summed E-state index contributed by atoms with van der Waals surface area (Å²) in [5.41, 5.74) is 7.68. The first kappa shape index (κ1) is 15.4. The molecule has 4 heteroatoms. The number of pyridine rings is 1. The highest BCUT2D eigenvalue weighted by Crippen LogP contribution is 2.33. The average Bonchev–Trinajstić information content (AvgIpc) is 2.43. The lowest BCUT2D eigenvalue weighted by atomic mass is 9.72. The van der Waals surface area contributed by atoms with Gasteiger partial charge in [-0.1, -0.05) is 32.0 Å². The quantitative estimate of drug-likeness (QED) is 0.886. The van der Waals surface area contributed by atoms with Crippen LogP contribution in [-0.4, -0.2) is 22.6 Å². The van der Waals surface area contributed by atoms with Crippen molar-refractivity contribution < 1.29 is 9.90 Å². The molecular weight excluding hydrogens is 264 g/mol. The molecule has 0 fully saturated rings. The van der Waals surface area contributed by atoms with Crippen LogP contribution in [0.1, 0.15) is 25.1 Å². The predicted octanol–water partition coefficient (Wildman–Crippen LogP) is 2.77. The SMILES string of the molecule is Cc1cc(CC(CN)(C(=O)O)C(C)C)c2ccccc2n1. The number of para-hydroxylation sites is 1. The van der Waals surface area contributed by atoms with Crippen LogP contribution in [0.2, 0.25) is 0 Å². The summed E-state index contributed by atoms with van der Waals surface area (Å²) in [7, 11) is 0. The van der Waals surface area contributed by atoms with E-state index in [0.29, 0.717) is 6.42 Å². The summed E-state index contributed by atoms with van der Waals surface area (Å²) < 4.78 is 0. The van der Waals surface area contributed by atoms with Crippen LogP contribution in [0.15, 0.2) is 30.3 Å². The van der Waals surface area contributed by atoms with E-state index in [-0.39, 0.29) is 12.5 Å². The van der Waals surface area contributed by atoms with E-state index >= 15 is 0 Å². The summed E-state index contributed by atoms with van der Waals surface area (Å²) in [6.45, 7) is 5.88. The number of carboxylic acids is 1. The maximum atomic E-state index is 11.8. The Morgan fingerprint density at radius 3 is 2.62 bits per heavy atom. The monoisotopic (exact) mass is 286 g/mol. The normalized spacial score (nSPS) is 14.3. The Bertz CT molecular complexity index is 667. The van der Waals surface area contributed by atoms with Crippen LogP contribution >= 0.6 is 0 Å². The molecule has 2 aromatic rings. The Labute approximate surface area is 125 Å². The highest BCUT2D eigenvalue weighted by molar-refractivity contribution is 5.84. The highest BCUT2D eigenvalue weighted by Gasteiger charge is 2.40. The van der Waals surface area contributed by atoms with E-state index in [2.05, 4.69) is 4.98 Å².